The lowest BCUT2D eigenvalue weighted by molar-refractivity contribution is -0.139. The molecule has 0 aromatic rings. The minimum atomic E-state index is -0.335. The first kappa shape index (κ1) is 27.6. The average Bonchev–Trinajstić information content (AvgIpc) is 2.65. The van der Waals surface area contributed by atoms with Crippen LogP contribution in [-0.4, -0.2) is 74.2 Å². The zero-order valence-electron chi connectivity index (χ0n) is 18.1. The van der Waals surface area contributed by atoms with Gasteiger partial charge in [0.2, 0.25) is 0 Å². The number of carbonyl (C=O) groups excluding carboxylic acids is 2. The number of nitrogens with zero attached hydrogens (tertiary/aromatic N) is 2. The van der Waals surface area contributed by atoms with Gasteiger partial charge in [0.15, 0.2) is 0 Å². The maximum absolute atomic E-state index is 11.0. The van der Waals surface area contributed by atoms with E-state index in [1.165, 1.54) is 6.08 Å². The van der Waals surface area contributed by atoms with Gasteiger partial charge in [0, 0.05) is 24.7 Å². The molecule has 0 heterocycles. The van der Waals surface area contributed by atoms with Gasteiger partial charge in [-0.05, 0) is 45.9 Å². The highest BCUT2D eigenvalue weighted by atomic mass is 16.5. The topological polar surface area (TPSA) is 59.1 Å². The second kappa shape index (κ2) is 19.1. The molecule has 0 aliphatic rings. The van der Waals surface area contributed by atoms with Crippen LogP contribution in [0.5, 0.6) is 0 Å². The van der Waals surface area contributed by atoms with Crippen LogP contribution in [-0.2, 0) is 19.1 Å². The Morgan fingerprint density at radius 2 is 1.33 bits per heavy atom. The SMILES string of the molecule is C=C(C)C(=O)OCCN(CC)CC.C=CC(=O)OCCN(CCC)CCC. The van der Waals surface area contributed by atoms with Gasteiger partial charge >= 0.3 is 11.9 Å². The summed E-state index contributed by atoms with van der Waals surface area (Å²) in [6.45, 7) is 23.6. The molecule has 0 aliphatic carbocycles. The Labute approximate surface area is 166 Å². The number of likely N-dealkylation sites (N-methyl/N-ethyl adjacent to an activating group) is 1. The molecule has 0 aromatic heterocycles. The molecule has 0 unspecified atom stereocenters. The van der Waals surface area contributed by atoms with Crippen LogP contribution in [0.25, 0.3) is 0 Å². The molecule has 6 heteroatoms. The first-order valence-corrected chi connectivity index (χ1v) is 9.92. The van der Waals surface area contributed by atoms with E-state index in [0.29, 0.717) is 18.8 Å². The number of ether oxygens (including phenoxy) is 2. The van der Waals surface area contributed by atoms with Crippen LogP contribution in [0.1, 0.15) is 47.5 Å². The Bertz CT molecular complexity index is 414. The van der Waals surface area contributed by atoms with E-state index in [0.717, 1.165) is 52.1 Å². The van der Waals surface area contributed by atoms with Crippen molar-refractivity contribution in [1.29, 1.82) is 0 Å². The predicted octanol–water partition coefficient (Wildman–Crippen LogP) is 3.29. The van der Waals surface area contributed by atoms with Gasteiger partial charge in [-0.2, -0.15) is 0 Å². The van der Waals surface area contributed by atoms with E-state index in [4.69, 9.17) is 9.47 Å². The van der Waals surface area contributed by atoms with Gasteiger partial charge in [0.05, 0.1) is 0 Å². The number of carbonyl (C=O) groups is 2. The number of hydrogen-bond acceptors (Lipinski definition) is 6. The number of hydrogen-bond donors (Lipinski definition) is 0. The van der Waals surface area contributed by atoms with E-state index in [1.54, 1.807) is 6.92 Å². The molecular formula is C21H40N2O4. The molecule has 0 aliphatic heterocycles. The van der Waals surface area contributed by atoms with Gasteiger partial charge in [0.25, 0.3) is 0 Å². The molecule has 0 bridgehead atoms. The third-order valence-electron chi connectivity index (χ3n) is 3.78. The van der Waals surface area contributed by atoms with Crippen LogP contribution >= 0.6 is 0 Å². The van der Waals surface area contributed by atoms with Crippen LogP contribution in [0.15, 0.2) is 24.8 Å². The Hall–Kier alpha value is -1.66. The van der Waals surface area contributed by atoms with Crippen LogP contribution < -0.4 is 0 Å². The Morgan fingerprint density at radius 1 is 0.852 bits per heavy atom. The summed E-state index contributed by atoms with van der Waals surface area (Å²) in [4.78, 5) is 26.2. The summed E-state index contributed by atoms with van der Waals surface area (Å²) in [6, 6.07) is 0. The van der Waals surface area contributed by atoms with E-state index >= 15 is 0 Å². The highest BCUT2D eigenvalue weighted by molar-refractivity contribution is 5.86. The molecule has 0 rings (SSSR count). The molecule has 0 saturated carbocycles. The lowest BCUT2D eigenvalue weighted by Crippen LogP contribution is -2.29. The molecule has 0 aromatic carbocycles. The smallest absolute Gasteiger partial charge is 0.333 e. The van der Waals surface area contributed by atoms with E-state index in [9.17, 15) is 9.59 Å². The maximum Gasteiger partial charge on any atom is 0.333 e. The fourth-order valence-corrected chi connectivity index (χ4v) is 2.23. The summed E-state index contributed by atoms with van der Waals surface area (Å²) in [5, 5.41) is 0. The first-order valence-electron chi connectivity index (χ1n) is 9.92. The van der Waals surface area contributed by atoms with E-state index < -0.39 is 0 Å². The summed E-state index contributed by atoms with van der Waals surface area (Å²) in [7, 11) is 0. The van der Waals surface area contributed by atoms with Crippen molar-refractivity contribution in [3.63, 3.8) is 0 Å². The van der Waals surface area contributed by atoms with Crippen molar-refractivity contribution in [1.82, 2.24) is 9.80 Å². The van der Waals surface area contributed by atoms with Crippen molar-refractivity contribution in [3.8, 4) is 0 Å². The third kappa shape index (κ3) is 17.5. The zero-order chi connectivity index (χ0) is 21.1. The van der Waals surface area contributed by atoms with Crippen molar-refractivity contribution >= 4 is 11.9 Å². The van der Waals surface area contributed by atoms with Crippen LogP contribution in [0, 0.1) is 0 Å². The Kier molecular flexibility index (Phi) is 19.5. The molecule has 0 saturated heterocycles. The second-order valence-electron chi connectivity index (χ2n) is 6.16. The maximum atomic E-state index is 11.0. The quantitative estimate of drug-likeness (QED) is 0.338. The molecule has 0 N–H and O–H groups in total. The number of rotatable bonds is 14. The lowest BCUT2D eigenvalue weighted by atomic mass is 10.3. The summed E-state index contributed by atoms with van der Waals surface area (Å²) in [5.41, 5.74) is 0.458. The van der Waals surface area contributed by atoms with Gasteiger partial charge in [-0.25, -0.2) is 9.59 Å². The fourth-order valence-electron chi connectivity index (χ4n) is 2.23. The third-order valence-corrected chi connectivity index (χ3v) is 3.78. The van der Waals surface area contributed by atoms with Gasteiger partial charge < -0.3 is 14.4 Å². The van der Waals surface area contributed by atoms with E-state index in [-0.39, 0.29) is 11.9 Å². The average molecular weight is 385 g/mol. The molecule has 0 spiro atoms. The van der Waals surface area contributed by atoms with Gasteiger partial charge in [-0.3, -0.25) is 4.90 Å². The van der Waals surface area contributed by atoms with Crippen LogP contribution in [0.4, 0.5) is 0 Å². The first-order chi connectivity index (χ1) is 12.9. The molecule has 0 amide bonds. The van der Waals surface area contributed by atoms with Crippen molar-refractivity contribution < 1.29 is 19.1 Å². The largest absolute Gasteiger partial charge is 0.461 e. The summed E-state index contributed by atoms with van der Waals surface area (Å²) < 4.78 is 9.87. The molecular weight excluding hydrogens is 344 g/mol. The molecule has 6 nitrogen and oxygen atoms in total. The van der Waals surface area contributed by atoms with Crippen molar-refractivity contribution in [3.05, 3.63) is 24.8 Å². The molecule has 158 valence electrons. The number of esters is 2. The van der Waals surface area contributed by atoms with Crippen molar-refractivity contribution in [2.45, 2.75) is 47.5 Å². The van der Waals surface area contributed by atoms with Crippen LogP contribution in [0.2, 0.25) is 0 Å². The monoisotopic (exact) mass is 384 g/mol. The molecule has 0 radical (unpaired) electrons. The van der Waals surface area contributed by atoms with Crippen LogP contribution in [0.3, 0.4) is 0 Å². The zero-order valence-corrected chi connectivity index (χ0v) is 18.1. The van der Waals surface area contributed by atoms with Gasteiger partial charge in [0.1, 0.15) is 13.2 Å². The summed E-state index contributed by atoms with van der Waals surface area (Å²) >= 11 is 0. The Morgan fingerprint density at radius 3 is 1.74 bits per heavy atom. The predicted molar refractivity (Wildman–Crippen MR) is 112 cm³/mol. The molecule has 27 heavy (non-hydrogen) atoms. The Balaban J connectivity index is 0. The molecule has 0 fully saturated rings. The van der Waals surface area contributed by atoms with Crippen molar-refractivity contribution in [2.75, 3.05) is 52.5 Å². The minimum absolute atomic E-state index is 0.299. The minimum Gasteiger partial charge on any atom is -0.461 e. The summed E-state index contributed by atoms with van der Waals surface area (Å²) in [6.07, 6.45) is 3.47. The van der Waals surface area contributed by atoms with Crippen molar-refractivity contribution in [2.24, 2.45) is 0 Å². The summed E-state index contributed by atoms with van der Waals surface area (Å²) in [5.74, 6) is -0.634. The highest BCUT2D eigenvalue weighted by Gasteiger charge is 2.04. The van der Waals surface area contributed by atoms with E-state index in [2.05, 4.69) is 50.7 Å². The van der Waals surface area contributed by atoms with Gasteiger partial charge in [-0.15, -0.1) is 0 Å². The lowest BCUT2D eigenvalue weighted by Gasteiger charge is -2.20. The highest BCUT2D eigenvalue weighted by Crippen LogP contribution is 1.94. The standard InChI is InChI=1S/C11H21NO2.C10H19NO2/c1-4-7-12(8-5-2)9-10-14-11(13)6-3;1-5-11(6-2)7-8-13-10(12)9(3)4/h6H,3-5,7-10H2,1-2H3;3,5-8H2,1-2,4H3. The fraction of sp³-hybridized carbons (Fsp3) is 0.714. The molecule has 0 atom stereocenters. The van der Waals surface area contributed by atoms with Gasteiger partial charge in [-0.1, -0.05) is 40.9 Å². The van der Waals surface area contributed by atoms with E-state index in [1.807, 2.05) is 0 Å². The second-order valence-corrected chi connectivity index (χ2v) is 6.16. The normalized spacial score (nSPS) is 10.2.